The molecule has 2 unspecified atom stereocenters. The van der Waals surface area contributed by atoms with Crippen LogP contribution in [0.1, 0.15) is 64.3 Å². The van der Waals surface area contributed by atoms with Gasteiger partial charge in [0, 0.05) is 29.7 Å². The molecule has 0 bridgehead atoms. The summed E-state index contributed by atoms with van der Waals surface area (Å²) in [5.74, 6) is 0.900. The summed E-state index contributed by atoms with van der Waals surface area (Å²) in [6.45, 7) is 2.42. The van der Waals surface area contributed by atoms with E-state index in [0.29, 0.717) is 17.6 Å². The third kappa shape index (κ3) is 3.62. The monoisotopic (exact) mass is 384 g/mol. The predicted octanol–water partition coefficient (Wildman–Crippen LogP) is 3.81. The standard InChI is InChI=1S/C20H20N2O6/c1-11-6-17(11)18-5-4-16(28-18)10-21(14-2-3-14)19(23)12-7-13(20(24)25)9-15(8-12)22(26)27/h4-5,7-9,11,14,17H,2-3,6,10H2,1H3,(H,24,25). The lowest BCUT2D eigenvalue weighted by Gasteiger charge is -2.21. The zero-order valence-electron chi connectivity index (χ0n) is 15.3. The second kappa shape index (κ2) is 6.78. The Hall–Kier alpha value is -3.16. The Balaban J connectivity index is 1.59. The highest BCUT2D eigenvalue weighted by atomic mass is 16.6. The average molecular weight is 384 g/mol. The molecular formula is C20H20N2O6. The van der Waals surface area contributed by atoms with Crippen LogP contribution < -0.4 is 0 Å². The molecule has 2 aromatic rings. The van der Waals surface area contributed by atoms with Gasteiger partial charge in [0.25, 0.3) is 11.6 Å². The molecule has 1 N–H and O–H groups in total. The largest absolute Gasteiger partial charge is 0.478 e. The van der Waals surface area contributed by atoms with Crippen LogP contribution in [-0.4, -0.2) is 32.8 Å². The molecule has 2 atom stereocenters. The predicted molar refractivity (Wildman–Crippen MR) is 98.2 cm³/mol. The summed E-state index contributed by atoms with van der Waals surface area (Å²) in [4.78, 5) is 36.4. The molecule has 2 aliphatic rings. The van der Waals surface area contributed by atoms with Gasteiger partial charge in [-0.25, -0.2) is 4.79 Å². The van der Waals surface area contributed by atoms with E-state index in [9.17, 15) is 24.8 Å². The lowest BCUT2D eigenvalue weighted by molar-refractivity contribution is -0.384. The van der Waals surface area contributed by atoms with E-state index < -0.39 is 22.5 Å². The molecule has 2 saturated carbocycles. The van der Waals surface area contributed by atoms with Gasteiger partial charge < -0.3 is 14.4 Å². The van der Waals surface area contributed by atoms with Gasteiger partial charge in [0.2, 0.25) is 0 Å². The first-order valence-electron chi connectivity index (χ1n) is 9.26. The van der Waals surface area contributed by atoms with E-state index in [2.05, 4.69) is 6.92 Å². The Morgan fingerprint density at radius 1 is 1.25 bits per heavy atom. The zero-order valence-corrected chi connectivity index (χ0v) is 15.3. The van der Waals surface area contributed by atoms with Gasteiger partial charge in [0.15, 0.2) is 0 Å². The van der Waals surface area contributed by atoms with E-state index >= 15 is 0 Å². The average Bonchev–Trinajstić information content (AvgIpc) is 3.58. The fraction of sp³-hybridized carbons (Fsp3) is 0.400. The van der Waals surface area contributed by atoms with Crippen LogP contribution in [0.4, 0.5) is 5.69 Å². The van der Waals surface area contributed by atoms with Gasteiger partial charge in [-0.15, -0.1) is 0 Å². The van der Waals surface area contributed by atoms with Crippen molar-refractivity contribution in [2.24, 2.45) is 5.92 Å². The maximum Gasteiger partial charge on any atom is 0.335 e. The molecule has 146 valence electrons. The van der Waals surface area contributed by atoms with E-state index in [0.717, 1.165) is 37.2 Å². The van der Waals surface area contributed by atoms with Crippen molar-refractivity contribution in [1.82, 2.24) is 4.90 Å². The third-order valence-corrected chi connectivity index (χ3v) is 5.35. The number of nitro benzene ring substituents is 1. The maximum absolute atomic E-state index is 13.1. The molecule has 2 fully saturated rings. The van der Waals surface area contributed by atoms with Crippen molar-refractivity contribution in [2.45, 2.75) is 44.7 Å². The summed E-state index contributed by atoms with van der Waals surface area (Å²) < 4.78 is 5.90. The van der Waals surface area contributed by atoms with Crippen molar-refractivity contribution in [2.75, 3.05) is 0 Å². The number of rotatable bonds is 7. The Kier molecular flexibility index (Phi) is 4.41. The van der Waals surface area contributed by atoms with Gasteiger partial charge in [-0.05, 0) is 43.4 Å². The normalized spacial score (nSPS) is 20.6. The van der Waals surface area contributed by atoms with Gasteiger partial charge in [-0.1, -0.05) is 6.92 Å². The van der Waals surface area contributed by atoms with E-state index in [4.69, 9.17) is 4.42 Å². The number of hydrogen-bond acceptors (Lipinski definition) is 5. The van der Waals surface area contributed by atoms with Crippen LogP contribution >= 0.6 is 0 Å². The van der Waals surface area contributed by atoms with Crippen LogP contribution in [0, 0.1) is 16.0 Å². The minimum atomic E-state index is -1.31. The van der Waals surface area contributed by atoms with Gasteiger partial charge in [-0.3, -0.25) is 14.9 Å². The molecule has 1 amide bonds. The smallest absolute Gasteiger partial charge is 0.335 e. The van der Waals surface area contributed by atoms with Crippen molar-refractivity contribution in [3.63, 3.8) is 0 Å². The van der Waals surface area contributed by atoms with Gasteiger partial charge in [0.1, 0.15) is 11.5 Å². The minimum absolute atomic E-state index is 0.00101. The summed E-state index contributed by atoms with van der Waals surface area (Å²) in [6, 6.07) is 7.11. The first kappa shape index (κ1) is 18.2. The molecular weight excluding hydrogens is 364 g/mol. The molecule has 8 heteroatoms. The third-order valence-electron chi connectivity index (χ3n) is 5.35. The zero-order chi connectivity index (χ0) is 20.0. The Morgan fingerprint density at radius 2 is 1.93 bits per heavy atom. The van der Waals surface area contributed by atoms with Crippen molar-refractivity contribution < 1.29 is 24.0 Å². The molecule has 0 saturated heterocycles. The lowest BCUT2D eigenvalue weighted by atomic mass is 10.1. The van der Waals surface area contributed by atoms with Crippen molar-refractivity contribution in [1.29, 1.82) is 0 Å². The van der Waals surface area contributed by atoms with Gasteiger partial charge >= 0.3 is 5.97 Å². The number of nitro groups is 1. The van der Waals surface area contributed by atoms with Crippen molar-refractivity contribution in [3.05, 3.63) is 63.1 Å². The fourth-order valence-electron chi connectivity index (χ4n) is 3.45. The Bertz CT molecular complexity index is 929. The number of carboxylic acids is 1. The topological polar surface area (TPSA) is 114 Å². The van der Waals surface area contributed by atoms with Crippen LogP contribution in [0.5, 0.6) is 0 Å². The first-order chi connectivity index (χ1) is 13.3. The second-order valence-corrected chi connectivity index (χ2v) is 7.62. The number of carbonyl (C=O) groups excluding carboxylic acids is 1. The van der Waals surface area contributed by atoms with Crippen LogP contribution in [0.2, 0.25) is 0 Å². The second-order valence-electron chi connectivity index (χ2n) is 7.62. The van der Waals surface area contributed by atoms with Gasteiger partial charge in [0.05, 0.1) is 17.0 Å². The number of amides is 1. The van der Waals surface area contributed by atoms with E-state index in [1.165, 1.54) is 6.07 Å². The SMILES string of the molecule is CC1CC1c1ccc(CN(C(=O)c2cc(C(=O)O)cc([N+](=O)[O-])c2)C2CC2)o1. The summed E-state index contributed by atoms with van der Waals surface area (Å²) in [6.07, 6.45) is 2.79. The van der Waals surface area contributed by atoms with Crippen LogP contribution in [-0.2, 0) is 6.54 Å². The number of benzene rings is 1. The van der Waals surface area contributed by atoms with Crippen LogP contribution in [0.3, 0.4) is 0 Å². The van der Waals surface area contributed by atoms with Crippen molar-refractivity contribution in [3.8, 4) is 0 Å². The molecule has 28 heavy (non-hydrogen) atoms. The molecule has 1 aromatic carbocycles. The number of furan rings is 1. The molecule has 0 radical (unpaired) electrons. The van der Waals surface area contributed by atoms with Gasteiger partial charge in [-0.2, -0.15) is 0 Å². The van der Waals surface area contributed by atoms with E-state index in [1.54, 1.807) is 4.90 Å². The van der Waals surface area contributed by atoms with Crippen LogP contribution in [0.25, 0.3) is 0 Å². The lowest BCUT2D eigenvalue weighted by Crippen LogP contribution is -2.32. The highest BCUT2D eigenvalue weighted by Crippen LogP contribution is 2.47. The summed E-state index contributed by atoms with van der Waals surface area (Å²) in [7, 11) is 0. The molecule has 0 aliphatic heterocycles. The van der Waals surface area contributed by atoms with Crippen LogP contribution in [0.15, 0.2) is 34.7 Å². The molecule has 4 rings (SSSR count). The minimum Gasteiger partial charge on any atom is -0.478 e. The highest BCUT2D eigenvalue weighted by Gasteiger charge is 2.38. The van der Waals surface area contributed by atoms with E-state index in [1.807, 2.05) is 12.1 Å². The molecule has 8 nitrogen and oxygen atoms in total. The Morgan fingerprint density at radius 3 is 2.50 bits per heavy atom. The number of nitrogens with zero attached hydrogens (tertiary/aromatic N) is 2. The summed E-state index contributed by atoms with van der Waals surface area (Å²) >= 11 is 0. The summed E-state index contributed by atoms with van der Waals surface area (Å²) in [5, 5.41) is 20.3. The number of aromatic carboxylic acids is 1. The first-order valence-corrected chi connectivity index (χ1v) is 9.26. The maximum atomic E-state index is 13.1. The Labute approximate surface area is 160 Å². The molecule has 1 aromatic heterocycles. The highest BCUT2D eigenvalue weighted by molar-refractivity contribution is 5.98. The number of carboxylic acid groups (broad SMARTS) is 1. The van der Waals surface area contributed by atoms with E-state index in [-0.39, 0.29) is 23.7 Å². The quantitative estimate of drug-likeness (QED) is 0.573. The number of non-ortho nitro benzene ring substituents is 1. The number of hydrogen-bond donors (Lipinski definition) is 1. The molecule has 1 heterocycles. The molecule has 0 spiro atoms. The van der Waals surface area contributed by atoms with Crippen molar-refractivity contribution >= 4 is 17.6 Å². The summed E-state index contributed by atoms with van der Waals surface area (Å²) in [5.41, 5.74) is -0.695. The molecule has 2 aliphatic carbocycles. The number of carbonyl (C=O) groups is 2. The fourth-order valence-corrected chi connectivity index (χ4v) is 3.45.